The Kier molecular flexibility index (Phi) is 5.08. The summed E-state index contributed by atoms with van der Waals surface area (Å²) in [6, 6.07) is 1.57. The normalized spacial score (nSPS) is 42.3. The summed E-state index contributed by atoms with van der Waals surface area (Å²) < 4.78 is 0. The van der Waals surface area contributed by atoms with Crippen LogP contribution in [0.5, 0.6) is 0 Å². The van der Waals surface area contributed by atoms with E-state index in [2.05, 4.69) is 37.9 Å². The average molecular weight is 252 g/mol. The van der Waals surface area contributed by atoms with Gasteiger partial charge in [0.05, 0.1) is 0 Å². The SMILES string of the molecule is CCNC1CC(C)CC(C)C1CN1CCCC1C. The van der Waals surface area contributed by atoms with E-state index in [1.54, 1.807) is 0 Å². The van der Waals surface area contributed by atoms with Crippen molar-refractivity contribution in [1.29, 1.82) is 0 Å². The highest BCUT2D eigenvalue weighted by Crippen LogP contribution is 2.35. The molecular weight excluding hydrogens is 220 g/mol. The van der Waals surface area contributed by atoms with Crippen molar-refractivity contribution in [1.82, 2.24) is 10.2 Å². The van der Waals surface area contributed by atoms with E-state index in [0.29, 0.717) is 0 Å². The highest BCUT2D eigenvalue weighted by molar-refractivity contribution is 4.90. The first-order valence-corrected chi connectivity index (χ1v) is 8.09. The van der Waals surface area contributed by atoms with Crippen LogP contribution in [-0.2, 0) is 0 Å². The van der Waals surface area contributed by atoms with E-state index >= 15 is 0 Å². The maximum atomic E-state index is 3.76. The second kappa shape index (κ2) is 6.38. The highest BCUT2D eigenvalue weighted by Gasteiger charge is 2.35. The number of nitrogens with one attached hydrogen (secondary N) is 1. The molecule has 2 nitrogen and oxygen atoms in total. The topological polar surface area (TPSA) is 15.3 Å². The van der Waals surface area contributed by atoms with Crippen LogP contribution in [0.1, 0.15) is 53.4 Å². The summed E-state index contributed by atoms with van der Waals surface area (Å²) in [5, 5.41) is 3.76. The first-order valence-electron chi connectivity index (χ1n) is 8.09. The molecule has 5 unspecified atom stereocenters. The fraction of sp³-hybridized carbons (Fsp3) is 1.00. The zero-order valence-corrected chi connectivity index (χ0v) is 12.8. The summed E-state index contributed by atoms with van der Waals surface area (Å²) in [5.41, 5.74) is 0. The van der Waals surface area contributed by atoms with E-state index in [-0.39, 0.29) is 0 Å². The predicted molar refractivity (Wildman–Crippen MR) is 78.8 cm³/mol. The second-order valence-corrected chi connectivity index (χ2v) is 6.87. The van der Waals surface area contributed by atoms with E-state index in [0.717, 1.165) is 36.4 Å². The van der Waals surface area contributed by atoms with Gasteiger partial charge in [-0.2, -0.15) is 0 Å². The fourth-order valence-electron chi connectivity index (χ4n) is 4.25. The Morgan fingerprint density at radius 2 is 1.94 bits per heavy atom. The summed E-state index contributed by atoms with van der Waals surface area (Å²) in [6.07, 6.45) is 5.62. The van der Waals surface area contributed by atoms with Gasteiger partial charge in [0, 0.05) is 18.6 Å². The Morgan fingerprint density at radius 3 is 2.56 bits per heavy atom. The third-order valence-corrected chi connectivity index (χ3v) is 5.28. The molecule has 1 aliphatic heterocycles. The number of hydrogen-bond donors (Lipinski definition) is 1. The van der Waals surface area contributed by atoms with Crippen molar-refractivity contribution in [3.8, 4) is 0 Å². The van der Waals surface area contributed by atoms with Gasteiger partial charge in [-0.3, -0.25) is 0 Å². The van der Waals surface area contributed by atoms with Gasteiger partial charge in [0.1, 0.15) is 0 Å². The number of hydrogen-bond acceptors (Lipinski definition) is 2. The molecule has 0 amide bonds. The van der Waals surface area contributed by atoms with Crippen LogP contribution in [0.4, 0.5) is 0 Å². The van der Waals surface area contributed by atoms with Gasteiger partial charge < -0.3 is 10.2 Å². The largest absolute Gasteiger partial charge is 0.314 e. The first-order chi connectivity index (χ1) is 8.61. The molecule has 2 rings (SSSR count). The van der Waals surface area contributed by atoms with E-state index in [1.807, 2.05) is 0 Å². The molecule has 1 N–H and O–H groups in total. The van der Waals surface area contributed by atoms with Gasteiger partial charge in [0.2, 0.25) is 0 Å². The van der Waals surface area contributed by atoms with Crippen molar-refractivity contribution in [2.24, 2.45) is 17.8 Å². The van der Waals surface area contributed by atoms with Gasteiger partial charge in [0.15, 0.2) is 0 Å². The molecule has 2 heteroatoms. The minimum absolute atomic E-state index is 0.751. The Bertz CT molecular complexity index is 253. The van der Waals surface area contributed by atoms with Crippen LogP contribution < -0.4 is 5.32 Å². The predicted octanol–water partition coefficient (Wildman–Crippen LogP) is 3.13. The Labute approximate surface area is 114 Å². The lowest BCUT2D eigenvalue weighted by atomic mass is 9.72. The molecule has 1 saturated carbocycles. The zero-order chi connectivity index (χ0) is 13.1. The van der Waals surface area contributed by atoms with Gasteiger partial charge in [-0.05, 0) is 63.5 Å². The zero-order valence-electron chi connectivity index (χ0n) is 12.8. The van der Waals surface area contributed by atoms with Gasteiger partial charge in [-0.25, -0.2) is 0 Å². The average Bonchev–Trinajstić information content (AvgIpc) is 2.69. The van der Waals surface area contributed by atoms with Crippen LogP contribution in [0.25, 0.3) is 0 Å². The minimum atomic E-state index is 0.751. The lowest BCUT2D eigenvalue weighted by Crippen LogP contribution is -2.49. The molecule has 5 atom stereocenters. The van der Waals surface area contributed by atoms with Crippen LogP contribution in [0, 0.1) is 17.8 Å². The maximum Gasteiger partial charge on any atom is 0.0112 e. The van der Waals surface area contributed by atoms with Gasteiger partial charge in [0.25, 0.3) is 0 Å². The maximum absolute atomic E-state index is 3.76. The molecule has 0 aromatic rings. The van der Waals surface area contributed by atoms with Crippen molar-refractivity contribution in [3.05, 3.63) is 0 Å². The van der Waals surface area contributed by atoms with E-state index < -0.39 is 0 Å². The van der Waals surface area contributed by atoms with Crippen molar-refractivity contribution in [2.75, 3.05) is 19.6 Å². The summed E-state index contributed by atoms with van der Waals surface area (Å²) in [4.78, 5) is 2.74. The van der Waals surface area contributed by atoms with Gasteiger partial charge in [-0.1, -0.05) is 20.8 Å². The molecule has 0 aromatic heterocycles. The van der Waals surface area contributed by atoms with Crippen molar-refractivity contribution < 1.29 is 0 Å². The monoisotopic (exact) mass is 252 g/mol. The van der Waals surface area contributed by atoms with Gasteiger partial charge >= 0.3 is 0 Å². The lowest BCUT2D eigenvalue weighted by Gasteiger charge is -2.42. The van der Waals surface area contributed by atoms with Crippen molar-refractivity contribution in [3.63, 3.8) is 0 Å². The third-order valence-electron chi connectivity index (χ3n) is 5.28. The molecule has 1 heterocycles. The number of nitrogens with zero attached hydrogens (tertiary/aromatic N) is 1. The molecule has 0 spiro atoms. The van der Waals surface area contributed by atoms with Crippen LogP contribution in [0.15, 0.2) is 0 Å². The molecule has 18 heavy (non-hydrogen) atoms. The summed E-state index contributed by atoms with van der Waals surface area (Å²) >= 11 is 0. The molecule has 0 radical (unpaired) electrons. The lowest BCUT2D eigenvalue weighted by molar-refractivity contribution is 0.0991. The highest BCUT2D eigenvalue weighted by atomic mass is 15.2. The van der Waals surface area contributed by atoms with E-state index in [1.165, 1.54) is 38.8 Å². The van der Waals surface area contributed by atoms with Crippen LogP contribution in [-0.4, -0.2) is 36.6 Å². The van der Waals surface area contributed by atoms with Crippen molar-refractivity contribution >= 4 is 0 Å². The molecule has 1 saturated heterocycles. The molecule has 2 aliphatic rings. The van der Waals surface area contributed by atoms with Crippen LogP contribution in [0.3, 0.4) is 0 Å². The Balaban J connectivity index is 1.97. The summed E-state index contributed by atoms with van der Waals surface area (Å²) in [5.74, 6) is 2.64. The van der Waals surface area contributed by atoms with Crippen LogP contribution >= 0.6 is 0 Å². The molecule has 0 aromatic carbocycles. The molecule has 106 valence electrons. The van der Waals surface area contributed by atoms with Gasteiger partial charge in [-0.15, -0.1) is 0 Å². The fourth-order valence-corrected chi connectivity index (χ4v) is 4.25. The minimum Gasteiger partial charge on any atom is -0.314 e. The quantitative estimate of drug-likeness (QED) is 0.827. The molecule has 1 aliphatic carbocycles. The van der Waals surface area contributed by atoms with E-state index in [9.17, 15) is 0 Å². The Hall–Kier alpha value is -0.0800. The van der Waals surface area contributed by atoms with Crippen LogP contribution in [0.2, 0.25) is 0 Å². The molecule has 2 fully saturated rings. The first kappa shape index (κ1) is 14.3. The Morgan fingerprint density at radius 1 is 1.17 bits per heavy atom. The van der Waals surface area contributed by atoms with Crippen molar-refractivity contribution in [2.45, 2.75) is 65.5 Å². The number of rotatable bonds is 4. The molecular formula is C16H32N2. The molecule has 0 bridgehead atoms. The number of likely N-dealkylation sites (tertiary alicyclic amines) is 1. The smallest absolute Gasteiger partial charge is 0.0112 e. The second-order valence-electron chi connectivity index (χ2n) is 6.87. The summed E-state index contributed by atoms with van der Waals surface area (Å²) in [6.45, 7) is 13.3. The van der Waals surface area contributed by atoms with E-state index in [4.69, 9.17) is 0 Å². The standard InChI is InChI=1S/C16H32N2/c1-5-17-16-10-12(2)9-13(3)15(16)11-18-8-6-7-14(18)4/h12-17H,5-11H2,1-4H3. The third kappa shape index (κ3) is 3.27. The summed E-state index contributed by atoms with van der Waals surface area (Å²) in [7, 11) is 0.